The van der Waals surface area contributed by atoms with Crippen molar-refractivity contribution < 1.29 is 9.59 Å². The van der Waals surface area contributed by atoms with Gasteiger partial charge in [0, 0.05) is 25.2 Å². The quantitative estimate of drug-likeness (QED) is 0.880. The average Bonchev–Trinajstić information content (AvgIpc) is 2.78. The molecule has 1 saturated heterocycles. The maximum Gasteiger partial charge on any atom is 0.315 e. The molecule has 0 aliphatic carbocycles. The maximum atomic E-state index is 12.0. The molecule has 108 valence electrons. The second-order valence-corrected chi connectivity index (χ2v) is 5.14. The molecule has 0 bridgehead atoms. The van der Waals surface area contributed by atoms with Crippen molar-refractivity contribution in [3.05, 3.63) is 29.8 Å². The minimum Gasteiger partial charge on any atom is -0.338 e. The number of benzene rings is 1. The summed E-state index contributed by atoms with van der Waals surface area (Å²) in [4.78, 5) is 25.3. The first-order valence-electron chi connectivity index (χ1n) is 7.01. The Morgan fingerprint density at radius 3 is 2.70 bits per heavy atom. The summed E-state index contributed by atoms with van der Waals surface area (Å²) in [5, 5.41) is 5.60. The molecule has 1 aliphatic rings. The summed E-state index contributed by atoms with van der Waals surface area (Å²) in [6.07, 6.45) is 1.25. The van der Waals surface area contributed by atoms with E-state index < -0.39 is 0 Å². The van der Waals surface area contributed by atoms with Crippen LogP contribution in [0.1, 0.15) is 25.3 Å². The van der Waals surface area contributed by atoms with E-state index in [2.05, 4.69) is 10.6 Å². The van der Waals surface area contributed by atoms with E-state index in [1.54, 1.807) is 4.90 Å². The van der Waals surface area contributed by atoms with Crippen molar-refractivity contribution in [1.82, 2.24) is 10.6 Å². The molecule has 20 heavy (non-hydrogen) atoms. The van der Waals surface area contributed by atoms with Crippen LogP contribution < -0.4 is 15.5 Å². The van der Waals surface area contributed by atoms with Crippen LogP contribution in [0.5, 0.6) is 0 Å². The van der Waals surface area contributed by atoms with Gasteiger partial charge in [0.1, 0.15) is 0 Å². The molecule has 1 aromatic carbocycles. The van der Waals surface area contributed by atoms with Crippen LogP contribution in [-0.4, -0.2) is 31.1 Å². The standard InChI is InChI=1S/C15H21N3O2/c1-3-8-16-15(20)17-12-9-14(19)18(10-12)13-6-4-11(2)5-7-13/h4-7,12H,3,8-10H2,1-2H3,(H2,16,17,20)/t12-/m1/s1. The van der Waals surface area contributed by atoms with Crippen LogP contribution in [0.25, 0.3) is 0 Å². The zero-order valence-corrected chi connectivity index (χ0v) is 12.0. The van der Waals surface area contributed by atoms with Crippen molar-refractivity contribution in [2.75, 3.05) is 18.0 Å². The Morgan fingerprint density at radius 1 is 1.35 bits per heavy atom. The van der Waals surface area contributed by atoms with E-state index in [9.17, 15) is 9.59 Å². The first-order valence-corrected chi connectivity index (χ1v) is 7.01. The van der Waals surface area contributed by atoms with E-state index in [0.717, 1.165) is 17.7 Å². The number of nitrogens with zero attached hydrogens (tertiary/aromatic N) is 1. The number of urea groups is 1. The molecule has 1 aromatic rings. The van der Waals surface area contributed by atoms with Gasteiger partial charge in [0.25, 0.3) is 0 Å². The van der Waals surface area contributed by atoms with Crippen molar-refractivity contribution >= 4 is 17.6 Å². The van der Waals surface area contributed by atoms with Gasteiger partial charge in [0.05, 0.1) is 6.04 Å². The lowest BCUT2D eigenvalue weighted by atomic mass is 10.2. The van der Waals surface area contributed by atoms with Gasteiger partial charge in [-0.15, -0.1) is 0 Å². The van der Waals surface area contributed by atoms with Crippen LogP contribution in [0.2, 0.25) is 0 Å². The number of hydrogen-bond acceptors (Lipinski definition) is 2. The number of anilines is 1. The number of rotatable bonds is 4. The molecule has 3 amide bonds. The second kappa shape index (κ2) is 6.41. The Hall–Kier alpha value is -2.04. The lowest BCUT2D eigenvalue weighted by Crippen LogP contribution is -2.43. The number of amides is 3. The summed E-state index contributed by atoms with van der Waals surface area (Å²) in [6.45, 7) is 5.19. The zero-order chi connectivity index (χ0) is 14.5. The topological polar surface area (TPSA) is 61.4 Å². The highest BCUT2D eigenvalue weighted by molar-refractivity contribution is 5.96. The molecule has 0 radical (unpaired) electrons. The van der Waals surface area contributed by atoms with Crippen molar-refractivity contribution in [3.8, 4) is 0 Å². The van der Waals surface area contributed by atoms with Crippen LogP contribution in [0.3, 0.4) is 0 Å². The van der Waals surface area contributed by atoms with E-state index in [-0.39, 0.29) is 18.0 Å². The largest absolute Gasteiger partial charge is 0.338 e. The molecule has 2 N–H and O–H groups in total. The third-order valence-corrected chi connectivity index (χ3v) is 3.34. The molecule has 1 atom stereocenters. The summed E-state index contributed by atoms with van der Waals surface area (Å²) >= 11 is 0. The molecule has 0 unspecified atom stereocenters. The van der Waals surface area contributed by atoms with E-state index in [4.69, 9.17) is 0 Å². The van der Waals surface area contributed by atoms with Gasteiger partial charge in [0.15, 0.2) is 0 Å². The monoisotopic (exact) mass is 275 g/mol. The van der Waals surface area contributed by atoms with Crippen LogP contribution in [0.4, 0.5) is 10.5 Å². The molecular formula is C15H21N3O2. The molecule has 2 rings (SSSR count). The SMILES string of the molecule is CCCNC(=O)N[C@@H]1CC(=O)N(c2ccc(C)cc2)C1. The first-order chi connectivity index (χ1) is 9.60. The van der Waals surface area contributed by atoms with Crippen molar-refractivity contribution in [2.24, 2.45) is 0 Å². The van der Waals surface area contributed by atoms with Crippen molar-refractivity contribution in [1.29, 1.82) is 0 Å². The number of nitrogens with one attached hydrogen (secondary N) is 2. The molecule has 1 heterocycles. The molecular weight excluding hydrogens is 254 g/mol. The van der Waals surface area contributed by atoms with Gasteiger partial charge < -0.3 is 15.5 Å². The fourth-order valence-corrected chi connectivity index (χ4v) is 2.25. The van der Waals surface area contributed by atoms with Gasteiger partial charge in [-0.1, -0.05) is 24.6 Å². The van der Waals surface area contributed by atoms with Crippen LogP contribution >= 0.6 is 0 Å². The molecule has 0 saturated carbocycles. The van der Waals surface area contributed by atoms with Gasteiger partial charge >= 0.3 is 6.03 Å². The minimum absolute atomic E-state index is 0.0506. The predicted molar refractivity (Wildman–Crippen MR) is 78.8 cm³/mol. The van der Waals surface area contributed by atoms with Crippen LogP contribution in [0.15, 0.2) is 24.3 Å². The summed E-state index contributed by atoms with van der Waals surface area (Å²) in [5.74, 6) is 0.0506. The molecule has 0 spiro atoms. The number of hydrogen-bond donors (Lipinski definition) is 2. The zero-order valence-electron chi connectivity index (χ0n) is 12.0. The predicted octanol–water partition coefficient (Wildman–Crippen LogP) is 1.81. The summed E-state index contributed by atoms with van der Waals surface area (Å²) in [7, 11) is 0. The second-order valence-electron chi connectivity index (χ2n) is 5.14. The Bertz CT molecular complexity index is 484. The Kier molecular flexibility index (Phi) is 4.61. The smallest absolute Gasteiger partial charge is 0.315 e. The van der Waals surface area contributed by atoms with Gasteiger partial charge in [-0.3, -0.25) is 4.79 Å². The van der Waals surface area contributed by atoms with Gasteiger partial charge in [0.2, 0.25) is 5.91 Å². The van der Waals surface area contributed by atoms with Crippen molar-refractivity contribution in [3.63, 3.8) is 0 Å². The fourth-order valence-electron chi connectivity index (χ4n) is 2.25. The lowest BCUT2D eigenvalue weighted by molar-refractivity contribution is -0.117. The van der Waals surface area contributed by atoms with Crippen LogP contribution in [-0.2, 0) is 4.79 Å². The number of carbonyl (C=O) groups is 2. The molecule has 1 aliphatic heterocycles. The maximum absolute atomic E-state index is 12.0. The molecule has 5 nitrogen and oxygen atoms in total. The Balaban J connectivity index is 1.93. The Labute approximate surface area is 119 Å². The summed E-state index contributed by atoms with van der Waals surface area (Å²) in [6, 6.07) is 7.52. The normalized spacial score (nSPS) is 18.2. The summed E-state index contributed by atoms with van der Waals surface area (Å²) < 4.78 is 0. The Morgan fingerprint density at radius 2 is 2.05 bits per heavy atom. The van der Waals surface area contributed by atoms with Gasteiger partial charge in [-0.05, 0) is 25.5 Å². The molecule has 0 aromatic heterocycles. The van der Waals surface area contributed by atoms with Gasteiger partial charge in [-0.2, -0.15) is 0 Å². The highest BCUT2D eigenvalue weighted by atomic mass is 16.2. The summed E-state index contributed by atoms with van der Waals surface area (Å²) in [5.41, 5.74) is 2.05. The van der Waals surface area contributed by atoms with Gasteiger partial charge in [-0.25, -0.2) is 4.79 Å². The third-order valence-electron chi connectivity index (χ3n) is 3.34. The highest BCUT2D eigenvalue weighted by Gasteiger charge is 2.31. The van der Waals surface area contributed by atoms with Crippen molar-refractivity contribution in [2.45, 2.75) is 32.7 Å². The number of carbonyl (C=O) groups excluding carboxylic acids is 2. The lowest BCUT2D eigenvalue weighted by Gasteiger charge is -2.17. The third kappa shape index (κ3) is 3.50. The van der Waals surface area contributed by atoms with Crippen LogP contribution in [0, 0.1) is 6.92 Å². The van der Waals surface area contributed by atoms with E-state index in [0.29, 0.717) is 19.5 Å². The van der Waals surface area contributed by atoms with E-state index in [1.807, 2.05) is 38.1 Å². The minimum atomic E-state index is -0.199. The average molecular weight is 275 g/mol. The number of aryl methyl sites for hydroxylation is 1. The molecule has 1 fully saturated rings. The fraction of sp³-hybridized carbons (Fsp3) is 0.467. The molecule has 5 heteroatoms. The highest BCUT2D eigenvalue weighted by Crippen LogP contribution is 2.21. The van der Waals surface area contributed by atoms with E-state index >= 15 is 0 Å². The first kappa shape index (κ1) is 14.4. The van der Waals surface area contributed by atoms with E-state index in [1.165, 1.54) is 0 Å².